The predicted molar refractivity (Wildman–Crippen MR) is 82.3 cm³/mol. The van der Waals surface area contributed by atoms with E-state index in [1.54, 1.807) is 0 Å². The van der Waals surface area contributed by atoms with Crippen molar-refractivity contribution in [1.29, 1.82) is 0 Å². The van der Waals surface area contributed by atoms with Crippen molar-refractivity contribution >= 4 is 16.8 Å². The first kappa shape index (κ1) is 14.3. The van der Waals surface area contributed by atoms with E-state index in [1.807, 2.05) is 25.1 Å². The predicted octanol–water partition coefficient (Wildman–Crippen LogP) is 3.13. The maximum atomic E-state index is 12.7. The standard InChI is InChI=1S/C17H22N2O2/c1-3-19-14-9-5-4-8-13(14)18-16(19)12-15(20)17(2)10-6-7-11-21-17/h4-5,8-9H,3,6-7,10-12H2,1-2H3. The summed E-state index contributed by atoms with van der Waals surface area (Å²) < 4.78 is 7.88. The molecule has 112 valence electrons. The molecule has 21 heavy (non-hydrogen) atoms. The molecule has 1 fully saturated rings. The number of Topliss-reactive ketones (excluding diaryl/α,β-unsaturated/α-hetero) is 1. The number of ketones is 1. The Morgan fingerprint density at radius 3 is 2.90 bits per heavy atom. The number of nitrogens with zero attached hydrogens (tertiary/aromatic N) is 2. The van der Waals surface area contributed by atoms with E-state index in [0.717, 1.165) is 42.7 Å². The van der Waals surface area contributed by atoms with Crippen molar-refractivity contribution in [3.8, 4) is 0 Å². The maximum Gasteiger partial charge on any atom is 0.171 e. The van der Waals surface area contributed by atoms with E-state index in [0.29, 0.717) is 13.0 Å². The molecular weight excluding hydrogens is 264 g/mol. The van der Waals surface area contributed by atoms with Crippen LogP contribution in [0.1, 0.15) is 38.9 Å². The molecule has 2 heterocycles. The zero-order valence-electron chi connectivity index (χ0n) is 12.8. The highest BCUT2D eigenvalue weighted by Gasteiger charge is 2.36. The molecule has 2 aromatic rings. The van der Waals surface area contributed by atoms with Gasteiger partial charge < -0.3 is 9.30 Å². The van der Waals surface area contributed by atoms with Crippen LogP contribution in [-0.2, 0) is 22.5 Å². The number of carbonyl (C=O) groups excluding carboxylic acids is 1. The minimum Gasteiger partial charge on any atom is -0.367 e. The first-order valence-corrected chi connectivity index (χ1v) is 7.75. The minimum atomic E-state index is -0.630. The summed E-state index contributed by atoms with van der Waals surface area (Å²) in [6.45, 7) is 5.52. The number of aryl methyl sites for hydroxylation is 1. The summed E-state index contributed by atoms with van der Waals surface area (Å²) in [6, 6.07) is 8.03. The van der Waals surface area contributed by atoms with Crippen LogP contribution >= 0.6 is 0 Å². The third-order valence-corrected chi connectivity index (χ3v) is 4.43. The molecule has 1 atom stereocenters. The summed E-state index contributed by atoms with van der Waals surface area (Å²) in [5.41, 5.74) is 1.42. The lowest BCUT2D eigenvalue weighted by Gasteiger charge is -2.32. The molecule has 1 aromatic heterocycles. The number of ether oxygens (including phenoxy) is 1. The molecule has 0 N–H and O–H groups in total. The second-order valence-corrected chi connectivity index (χ2v) is 5.90. The van der Waals surface area contributed by atoms with Crippen molar-refractivity contribution in [3.05, 3.63) is 30.1 Å². The highest BCUT2D eigenvalue weighted by molar-refractivity contribution is 5.89. The number of para-hydroxylation sites is 2. The fraction of sp³-hybridized carbons (Fsp3) is 0.529. The number of imidazole rings is 1. The molecular formula is C17H22N2O2. The van der Waals surface area contributed by atoms with Gasteiger partial charge in [0.05, 0.1) is 17.5 Å². The van der Waals surface area contributed by atoms with Crippen molar-refractivity contribution in [1.82, 2.24) is 9.55 Å². The van der Waals surface area contributed by atoms with Gasteiger partial charge in [-0.25, -0.2) is 4.98 Å². The lowest BCUT2D eigenvalue weighted by Crippen LogP contribution is -2.42. The molecule has 1 aliphatic rings. The topological polar surface area (TPSA) is 44.1 Å². The summed E-state index contributed by atoms with van der Waals surface area (Å²) in [5, 5.41) is 0. The number of benzene rings is 1. The summed E-state index contributed by atoms with van der Waals surface area (Å²) >= 11 is 0. The molecule has 0 aliphatic carbocycles. The Balaban J connectivity index is 1.89. The van der Waals surface area contributed by atoms with E-state index in [2.05, 4.69) is 22.5 Å². The van der Waals surface area contributed by atoms with Gasteiger partial charge in [0.15, 0.2) is 5.78 Å². The Kier molecular flexibility index (Phi) is 3.81. The van der Waals surface area contributed by atoms with E-state index >= 15 is 0 Å². The first-order chi connectivity index (χ1) is 10.1. The first-order valence-electron chi connectivity index (χ1n) is 7.75. The molecule has 0 amide bonds. The van der Waals surface area contributed by atoms with E-state index < -0.39 is 5.60 Å². The van der Waals surface area contributed by atoms with Crippen molar-refractivity contribution < 1.29 is 9.53 Å². The molecule has 3 rings (SSSR count). The van der Waals surface area contributed by atoms with Gasteiger partial charge in [0.2, 0.25) is 0 Å². The van der Waals surface area contributed by atoms with Crippen molar-refractivity contribution in [3.63, 3.8) is 0 Å². The summed E-state index contributed by atoms with van der Waals surface area (Å²) in [6.07, 6.45) is 3.28. The molecule has 4 heteroatoms. The van der Waals surface area contributed by atoms with E-state index in [9.17, 15) is 4.79 Å². The summed E-state index contributed by atoms with van der Waals surface area (Å²) in [4.78, 5) is 17.3. The summed E-state index contributed by atoms with van der Waals surface area (Å²) in [5.74, 6) is 0.992. The van der Waals surface area contributed by atoms with E-state index in [1.165, 1.54) is 0 Å². The second kappa shape index (κ2) is 5.60. The Bertz CT molecular complexity index is 654. The van der Waals surface area contributed by atoms with Crippen molar-refractivity contribution in [2.45, 2.75) is 51.7 Å². The number of aromatic nitrogens is 2. The lowest BCUT2D eigenvalue weighted by molar-refractivity contribution is -0.147. The van der Waals surface area contributed by atoms with Gasteiger partial charge in [-0.05, 0) is 45.2 Å². The number of rotatable bonds is 4. The lowest BCUT2D eigenvalue weighted by atomic mass is 9.90. The largest absolute Gasteiger partial charge is 0.367 e. The van der Waals surface area contributed by atoms with E-state index in [-0.39, 0.29) is 5.78 Å². The van der Waals surface area contributed by atoms with Crippen molar-refractivity contribution in [2.24, 2.45) is 0 Å². The zero-order valence-corrected chi connectivity index (χ0v) is 12.8. The van der Waals surface area contributed by atoms with Gasteiger partial charge in [-0.15, -0.1) is 0 Å². The quantitative estimate of drug-likeness (QED) is 0.867. The summed E-state index contributed by atoms with van der Waals surface area (Å²) in [7, 11) is 0. The van der Waals surface area contributed by atoms with Gasteiger partial charge in [-0.2, -0.15) is 0 Å². The smallest absolute Gasteiger partial charge is 0.171 e. The fourth-order valence-corrected chi connectivity index (χ4v) is 3.10. The highest BCUT2D eigenvalue weighted by Crippen LogP contribution is 2.27. The van der Waals surface area contributed by atoms with Crippen molar-refractivity contribution in [2.75, 3.05) is 6.61 Å². The average Bonchev–Trinajstić information content (AvgIpc) is 2.85. The molecule has 0 bridgehead atoms. The number of fused-ring (bicyclic) bond motifs is 1. The molecule has 1 unspecified atom stereocenters. The minimum absolute atomic E-state index is 0.146. The normalized spacial score (nSPS) is 22.6. The molecule has 4 nitrogen and oxygen atoms in total. The Morgan fingerprint density at radius 1 is 1.38 bits per heavy atom. The number of carbonyl (C=O) groups is 1. The zero-order chi connectivity index (χ0) is 14.9. The van der Waals surface area contributed by atoms with Crippen LogP contribution in [0.2, 0.25) is 0 Å². The van der Waals surface area contributed by atoms with Crippen LogP contribution in [-0.4, -0.2) is 27.5 Å². The maximum absolute atomic E-state index is 12.7. The molecule has 0 radical (unpaired) electrons. The van der Waals surface area contributed by atoms with Crippen LogP contribution in [0.15, 0.2) is 24.3 Å². The third-order valence-electron chi connectivity index (χ3n) is 4.43. The number of hydrogen-bond donors (Lipinski definition) is 0. The highest BCUT2D eigenvalue weighted by atomic mass is 16.5. The molecule has 1 aliphatic heterocycles. The Labute approximate surface area is 125 Å². The van der Waals surface area contributed by atoms with Crippen LogP contribution in [0, 0.1) is 0 Å². The second-order valence-electron chi connectivity index (χ2n) is 5.90. The van der Waals surface area contributed by atoms with Gasteiger partial charge in [0, 0.05) is 13.2 Å². The number of hydrogen-bond acceptors (Lipinski definition) is 3. The fourth-order valence-electron chi connectivity index (χ4n) is 3.10. The van der Waals surface area contributed by atoms with Gasteiger partial charge in [0.25, 0.3) is 0 Å². The Morgan fingerprint density at radius 2 is 2.19 bits per heavy atom. The molecule has 1 aromatic carbocycles. The molecule has 0 spiro atoms. The van der Waals surface area contributed by atoms with Gasteiger partial charge in [-0.1, -0.05) is 12.1 Å². The Hall–Kier alpha value is -1.68. The van der Waals surface area contributed by atoms with Gasteiger partial charge >= 0.3 is 0 Å². The molecule has 0 saturated carbocycles. The van der Waals surface area contributed by atoms with Crippen LogP contribution in [0.4, 0.5) is 0 Å². The van der Waals surface area contributed by atoms with Crippen LogP contribution in [0.3, 0.4) is 0 Å². The van der Waals surface area contributed by atoms with Crippen LogP contribution in [0.25, 0.3) is 11.0 Å². The van der Waals surface area contributed by atoms with Gasteiger partial charge in [0.1, 0.15) is 11.4 Å². The van der Waals surface area contributed by atoms with Gasteiger partial charge in [-0.3, -0.25) is 4.79 Å². The van der Waals surface area contributed by atoms with Crippen LogP contribution < -0.4 is 0 Å². The molecule has 1 saturated heterocycles. The average molecular weight is 286 g/mol. The SMILES string of the molecule is CCn1c(CC(=O)C2(C)CCCCO2)nc2ccccc21. The monoisotopic (exact) mass is 286 g/mol. The van der Waals surface area contributed by atoms with E-state index in [4.69, 9.17) is 4.74 Å². The van der Waals surface area contributed by atoms with Crippen LogP contribution in [0.5, 0.6) is 0 Å². The third kappa shape index (κ3) is 2.60.